The standard InChI is InChI=1S/C19H21ClFN3O2S/c1-3-22-19(27)24-23-11-13-9-15(20)18(17(10-13)25-4-2)26-12-14-7-5-6-8-16(14)21/h5-11H,3-4,12H2,1-2H3,(H2,22,24,27)/b23-11+. The third-order valence-corrected chi connectivity index (χ3v) is 3.89. The van der Waals surface area contributed by atoms with Crippen molar-refractivity contribution in [3.63, 3.8) is 0 Å². The molecule has 0 aliphatic heterocycles. The minimum absolute atomic E-state index is 0.0401. The van der Waals surface area contributed by atoms with Gasteiger partial charge in [0, 0.05) is 12.1 Å². The Labute approximate surface area is 168 Å². The molecule has 0 saturated heterocycles. The third kappa shape index (κ3) is 6.37. The van der Waals surface area contributed by atoms with E-state index in [4.69, 9.17) is 33.3 Å². The SMILES string of the molecule is CCNC(=S)N/N=C/c1cc(Cl)c(OCc2ccccc2F)c(OCC)c1. The van der Waals surface area contributed by atoms with Gasteiger partial charge in [0.25, 0.3) is 0 Å². The largest absolute Gasteiger partial charge is 0.490 e. The molecule has 0 saturated carbocycles. The Hall–Kier alpha value is -2.38. The summed E-state index contributed by atoms with van der Waals surface area (Å²) in [4.78, 5) is 0. The first kappa shape index (κ1) is 20.9. The van der Waals surface area contributed by atoms with Gasteiger partial charge < -0.3 is 14.8 Å². The molecule has 0 spiro atoms. The molecule has 0 fully saturated rings. The minimum atomic E-state index is -0.335. The predicted molar refractivity (Wildman–Crippen MR) is 110 cm³/mol. The summed E-state index contributed by atoms with van der Waals surface area (Å²) in [6.45, 7) is 4.96. The zero-order chi connectivity index (χ0) is 19.6. The van der Waals surface area contributed by atoms with E-state index in [1.165, 1.54) is 6.07 Å². The monoisotopic (exact) mass is 409 g/mol. The van der Waals surface area contributed by atoms with Gasteiger partial charge in [-0.3, -0.25) is 5.43 Å². The molecular weight excluding hydrogens is 389 g/mol. The molecule has 2 N–H and O–H groups in total. The van der Waals surface area contributed by atoms with Gasteiger partial charge in [0.05, 0.1) is 17.8 Å². The van der Waals surface area contributed by atoms with Crippen LogP contribution in [-0.2, 0) is 6.61 Å². The number of ether oxygens (including phenoxy) is 2. The Balaban J connectivity index is 2.16. The normalized spacial score (nSPS) is 10.7. The van der Waals surface area contributed by atoms with Crippen LogP contribution in [0.5, 0.6) is 11.5 Å². The van der Waals surface area contributed by atoms with Crippen LogP contribution in [0.2, 0.25) is 5.02 Å². The zero-order valence-electron chi connectivity index (χ0n) is 15.1. The van der Waals surface area contributed by atoms with Crippen LogP contribution in [0.25, 0.3) is 0 Å². The summed E-state index contributed by atoms with van der Waals surface area (Å²) in [5.41, 5.74) is 3.84. The molecule has 0 bridgehead atoms. The van der Waals surface area contributed by atoms with E-state index in [0.29, 0.717) is 45.9 Å². The highest BCUT2D eigenvalue weighted by Gasteiger charge is 2.13. The molecule has 2 rings (SSSR count). The molecule has 5 nitrogen and oxygen atoms in total. The number of hydrogen-bond donors (Lipinski definition) is 2. The average molecular weight is 410 g/mol. The molecule has 0 aliphatic carbocycles. The number of rotatable bonds is 8. The number of thiocarbonyl (C=S) groups is 1. The summed E-state index contributed by atoms with van der Waals surface area (Å²) in [6.07, 6.45) is 1.57. The van der Waals surface area contributed by atoms with E-state index in [-0.39, 0.29) is 12.4 Å². The molecule has 27 heavy (non-hydrogen) atoms. The van der Waals surface area contributed by atoms with Crippen molar-refractivity contribution < 1.29 is 13.9 Å². The Morgan fingerprint density at radius 3 is 2.74 bits per heavy atom. The highest BCUT2D eigenvalue weighted by molar-refractivity contribution is 7.80. The highest BCUT2D eigenvalue weighted by atomic mass is 35.5. The van der Waals surface area contributed by atoms with E-state index in [0.717, 1.165) is 0 Å². The maximum Gasteiger partial charge on any atom is 0.186 e. The molecule has 2 aromatic carbocycles. The molecular formula is C19H21ClFN3O2S. The van der Waals surface area contributed by atoms with Crippen molar-refractivity contribution in [2.45, 2.75) is 20.5 Å². The number of nitrogens with one attached hydrogen (secondary N) is 2. The second-order valence-corrected chi connectivity index (χ2v) is 6.19. The summed E-state index contributed by atoms with van der Waals surface area (Å²) in [6, 6.07) is 9.84. The summed E-state index contributed by atoms with van der Waals surface area (Å²) in [7, 11) is 0. The fourth-order valence-electron chi connectivity index (χ4n) is 2.20. The fraction of sp³-hybridized carbons (Fsp3) is 0.263. The minimum Gasteiger partial charge on any atom is -0.490 e. The van der Waals surface area contributed by atoms with E-state index >= 15 is 0 Å². The van der Waals surface area contributed by atoms with Gasteiger partial charge in [-0.05, 0) is 49.8 Å². The van der Waals surface area contributed by atoms with E-state index in [1.807, 2.05) is 13.8 Å². The second-order valence-electron chi connectivity index (χ2n) is 5.37. The van der Waals surface area contributed by atoms with Crippen molar-refractivity contribution in [2.75, 3.05) is 13.2 Å². The van der Waals surface area contributed by atoms with Crippen molar-refractivity contribution >= 4 is 35.1 Å². The van der Waals surface area contributed by atoms with Gasteiger partial charge in [-0.1, -0.05) is 29.8 Å². The lowest BCUT2D eigenvalue weighted by Gasteiger charge is -2.14. The molecule has 144 valence electrons. The van der Waals surface area contributed by atoms with E-state index < -0.39 is 0 Å². The lowest BCUT2D eigenvalue weighted by atomic mass is 10.2. The molecule has 0 heterocycles. The summed E-state index contributed by atoms with van der Waals surface area (Å²) in [5, 5.41) is 7.75. The van der Waals surface area contributed by atoms with E-state index in [9.17, 15) is 4.39 Å². The Morgan fingerprint density at radius 2 is 2.04 bits per heavy atom. The second kappa shape index (κ2) is 10.7. The van der Waals surface area contributed by atoms with Crippen LogP contribution in [0.1, 0.15) is 25.0 Å². The molecule has 0 unspecified atom stereocenters. The van der Waals surface area contributed by atoms with Crippen molar-refractivity contribution in [1.29, 1.82) is 0 Å². The van der Waals surface area contributed by atoms with Gasteiger partial charge in [-0.25, -0.2) is 4.39 Å². The molecule has 0 aromatic heterocycles. The number of hydrogen-bond acceptors (Lipinski definition) is 4. The van der Waals surface area contributed by atoms with E-state index in [1.54, 1.807) is 36.5 Å². The molecule has 2 aromatic rings. The van der Waals surface area contributed by atoms with Gasteiger partial charge in [0.1, 0.15) is 12.4 Å². The quantitative estimate of drug-likeness (QED) is 0.387. The molecule has 0 aliphatic rings. The third-order valence-electron chi connectivity index (χ3n) is 3.38. The summed E-state index contributed by atoms with van der Waals surface area (Å²) < 4.78 is 25.1. The Morgan fingerprint density at radius 1 is 1.26 bits per heavy atom. The zero-order valence-corrected chi connectivity index (χ0v) is 16.7. The van der Waals surface area contributed by atoms with Gasteiger partial charge in [-0.15, -0.1) is 0 Å². The van der Waals surface area contributed by atoms with Crippen molar-refractivity contribution in [2.24, 2.45) is 5.10 Å². The van der Waals surface area contributed by atoms with E-state index in [2.05, 4.69) is 15.8 Å². The number of halogens is 2. The summed E-state index contributed by atoms with van der Waals surface area (Å²) in [5.74, 6) is 0.477. The lowest BCUT2D eigenvalue weighted by molar-refractivity contribution is 0.266. The molecule has 8 heteroatoms. The fourth-order valence-corrected chi connectivity index (χ4v) is 2.67. The predicted octanol–water partition coefficient (Wildman–Crippen LogP) is 4.27. The first-order chi connectivity index (χ1) is 13.0. The first-order valence-corrected chi connectivity index (χ1v) is 9.23. The lowest BCUT2D eigenvalue weighted by Crippen LogP contribution is -2.31. The van der Waals surface area contributed by atoms with Gasteiger partial charge in [0.15, 0.2) is 16.6 Å². The van der Waals surface area contributed by atoms with Gasteiger partial charge >= 0.3 is 0 Å². The van der Waals surface area contributed by atoms with Crippen LogP contribution >= 0.6 is 23.8 Å². The van der Waals surface area contributed by atoms with Crippen LogP contribution in [0.15, 0.2) is 41.5 Å². The van der Waals surface area contributed by atoms with Crippen LogP contribution in [0, 0.1) is 5.82 Å². The molecule has 0 atom stereocenters. The van der Waals surface area contributed by atoms with Crippen molar-refractivity contribution in [3.8, 4) is 11.5 Å². The highest BCUT2D eigenvalue weighted by Crippen LogP contribution is 2.37. The number of hydrazone groups is 1. The van der Waals surface area contributed by atoms with Crippen LogP contribution in [-0.4, -0.2) is 24.5 Å². The molecule has 0 amide bonds. The van der Waals surface area contributed by atoms with Crippen LogP contribution < -0.4 is 20.2 Å². The topological polar surface area (TPSA) is 54.9 Å². The van der Waals surface area contributed by atoms with Crippen LogP contribution in [0.3, 0.4) is 0 Å². The van der Waals surface area contributed by atoms with Crippen molar-refractivity contribution in [3.05, 3.63) is 58.4 Å². The Bertz CT molecular complexity index is 818. The smallest absolute Gasteiger partial charge is 0.186 e. The summed E-state index contributed by atoms with van der Waals surface area (Å²) >= 11 is 11.4. The first-order valence-electron chi connectivity index (χ1n) is 8.44. The maximum absolute atomic E-state index is 13.8. The van der Waals surface area contributed by atoms with Crippen molar-refractivity contribution in [1.82, 2.24) is 10.7 Å². The number of nitrogens with zero attached hydrogens (tertiary/aromatic N) is 1. The van der Waals surface area contributed by atoms with Gasteiger partial charge in [-0.2, -0.15) is 5.10 Å². The number of benzene rings is 2. The average Bonchev–Trinajstić information content (AvgIpc) is 2.63. The van der Waals surface area contributed by atoms with Crippen LogP contribution in [0.4, 0.5) is 4.39 Å². The van der Waals surface area contributed by atoms with Gasteiger partial charge in [0.2, 0.25) is 0 Å². The molecule has 0 radical (unpaired) electrons. The Kier molecular flexibility index (Phi) is 8.29. The maximum atomic E-state index is 13.8.